The van der Waals surface area contributed by atoms with E-state index in [1.54, 1.807) is 0 Å². The number of carbonyl (C=O) groups is 2. The lowest BCUT2D eigenvalue weighted by Crippen LogP contribution is -2.48. The normalized spacial score (nSPS) is 18.6. The predicted molar refractivity (Wildman–Crippen MR) is 133 cm³/mol. The first-order valence-electron chi connectivity index (χ1n) is 12.6. The summed E-state index contributed by atoms with van der Waals surface area (Å²) in [5.74, 6) is 1.56. The van der Waals surface area contributed by atoms with Crippen molar-refractivity contribution in [3.8, 4) is 0 Å². The van der Waals surface area contributed by atoms with Crippen molar-refractivity contribution in [2.45, 2.75) is 79.1 Å². The lowest BCUT2D eigenvalue weighted by Gasteiger charge is -2.36. The van der Waals surface area contributed by atoms with Gasteiger partial charge in [-0.25, -0.2) is 0 Å². The van der Waals surface area contributed by atoms with Crippen molar-refractivity contribution < 1.29 is 9.59 Å². The number of benzene rings is 1. The first kappa shape index (κ1) is 24.6. The van der Waals surface area contributed by atoms with E-state index in [0.717, 1.165) is 56.3 Å². The maximum absolute atomic E-state index is 12.6. The van der Waals surface area contributed by atoms with Gasteiger partial charge in [-0.1, -0.05) is 53.4 Å². The van der Waals surface area contributed by atoms with Gasteiger partial charge in [0, 0.05) is 50.4 Å². The third kappa shape index (κ3) is 7.83. The summed E-state index contributed by atoms with van der Waals surface area (Å²) in [6.45, 7) is 12.1. The van der Waals surface area contributed by atoms with Crippen molar-refractivity contribution in [1.82, 2.24) is 4.90 Å². The maximum atomic E-state index is 12.6. The van der Waals surface area contributed by atoms with Gasteiger partial charge in [0.15, 0.2) is 0 Å². The molecule has 0 unspecified atom stereocenters. The Morgan fingerprint density at radius 2 is 1.66 bits per heavy atom. The van der Waals surface area contributed by atoms with Crippen LogP contribution in [0.2, 0.25) is 0 Å². The first-order valence-corrected chi connectivity index (χ1v) is 12.6. The van der Waals surface area contributed by atoms with Gasteiger partial charge in [0.1, 0.15) is 0 Å². The molecule has 0 spiro atoms. The zero-order chi connectivity index (χ0) is 23.1. The van der Waals surface area contributed by atoms with Gasteiger partial charge in [-0.15, -0.1) is 0 Å². The number of hydrogen-bond acceptors (Lipinski definition) is 3. The lowest BCUT2D eigenvalue weighted by molar-refractivity contribution is -0.131. The molecule has 32 heavy (non-hydrogen) atoms. The fraction of sp³-hybridized carbons (Fsp3) is 0.704. The fourth-order valence-electron chi connectivity index (χ4n) is 5.40. The van der Waals surface area contributed by atoms with Crippen molar-refractivity contribution in [3.63, 3.8) is 0 Å². The number of amides is 2. The summed E-state index contributed by atoms with van der Waals surface area (Å²) in [6.07, 6.45) is 8.69. The molecule has 2 amide bonds. The molecule has 1 saturated heterocycles. The molecular formula is C27H43N3O2. The Bertz CT molecular complexity index is 739. The highest BCUT2D eigenvalue weighted by molar-refractivity contribution is 5.91. The number of carbonyl (C=O) groups excluding carboxylic acids is 2. The highest BCUT2D eigenvalue weighted by Gasteiger charge is 2.23. The SMILES string of the molecule is C[C@@H](CC(=O)Nc1ccc(N2CCN(C(=O)CCC3CCCC3)CC2)cc1)CC(C)(C)C. The van der Waals surface area contributed by atoms with Crippen molar-refractivity contribution in [3.05, 3.63) is 24.3 Å². The molecule has 1 aliphatic heterocycles. The minimum absolute atomic E-state index is 0.0826. The van der Waals surface area contributed by atoms with Crippen molar-refractivity contribution in [2.24, 2.45) is 17.3 Å². The summed E-state index contributed by atoms with van der Waals surface area (Å²) in [5.41, 5.74) is 2.25. The molecule has 1 heterocycles. The van der Waals surface area contributed by atoms with Gasteiger partial charge in [-0.2, -0.15) is 0 Å². The molecule has 1 aromatic carbocycles. The molecule has 3 rings (SSSR count). The molecule has 0 aromatic heterocycles. The molecule has 178 valence electrons. The number of nitrogens with one attached hydrogen (secondary N) is 1. The summed E-state index contributed by atoms with van der Waals surface area (Å²) < 4.78 is 0. The molecule has 2 fully saturated rings. The van der Waals surface area contributed by atoms with Crippen LogP contribution in [0, 0.1) is 17.3 Å². The largest absolute Gasteiger partial charge is 0.368 e. The van der Waals surface area contributed by atoms with Crippen LogP contribution in [0.3, 0.4) is 0 Å². The van der Waals surface area contributed by atoms with E-state index >= 15 is 0 Å². The number of anilines is 2. The smallest absolute Gasteiger partial charge is 0.224 e. The quantitative estimate of drug-likeness (QED) is 0.562. The van der Waals surface area contributed by atoms with Crippen molar-refractivity contribution >= 4 is 23.2 Å². The van der Waals surface area contributed by atoms with Crippen LogP contribution in [0.15, 0.2) is 24.3 Å². The second-order valence-electron chi connectivity index (χ2n) is 11.2. The van der Waals surface area contributed by atoms with E-state index in [1.807, 2.05) is 17.0 Å². The van der Waals surface area contributed by atoms with Crippen LogP contribution in [0.4, 0.5) is 11.4 Å². The highest BCUT2D eigenvalue weighted by Crippen LogP contribution is 2.29. The van der Waals surface area contributed by atoms with Gasteiger partial charge in [0.25, 0.3) is 0 Å². The molecule has 0 bridgehead atoms. The van der Waals surface area contributed by atoms with E-state index in [2.05, 4.69) is 50.0 Å². The van der Waals surface area contributed by atoms with Crippen LogP contribution in [-0.4, -0.2) is 42.9 Å². The molecule has 5 nitrogen and oxygen atoms in total. The average molecular weight is 442 g/mol. The number of hydrogen-bond donors (Lipinski definition) is 1. The van der Waals surface area contributed by atoms with Crippen molar-refractivity contribution in [1.29, 1.82) is 0 Å². The maximum Gasteiger partial charge on any atom is 0.224 e. The molecule has 0 radical (unpaired) electrons. The molecule has 1 aliphatic carbocycles. The molecular weight excluding hydrogens is 398 g/mol. The summed E-state index contributed by atoms with van der Waals surface area (Å²) in [4.78, 5) is 29.3. The highest BCUT2D eigenvalue weighted by atomic mass is 16.2. The van der Waals surface area contributed by atoms with E-state index in [0.29, 0.717) is 24.7 Å². The van der Waals surface area contributed by atoms with Crippen LogP contribution in [0.5, 0.6) is 0 Å². The van der Waals surface area contributed by atoms with Gasteiger partial charge in [0.2, 0.25) is 11.8 Å². The third-order valence-electron chi connectivity index (χ3n) is 6.88. The molecule has 2 aliphatic rings. The molecule has 1 aromatic rings. The van der Waals surface area contributed by atoms with Gasteiger partial charge < -0.3 is 15.1 Å². The van der Waals surface area contributed by atoms with Gasteiger partial charge in [-0.05, 0) is 54.4 Å². The van der Waals surface area contributed by atoms with E-state index in [-0.39, 0.29) is 11.3 Å². The zero-order valence-corrected chi connectivity index (χ0v) is 20.7. The lowest BCUT2D eigenvalue weighted by atomic mass is 9.84. The van der Waals surface area contributed by atoms with Gasteiger partial charge in [0.05, 0.1) is 0 Å². The second kappa shape index (κ2) is 11.2. The number of piperazine rings is 1. The Balaban J connectivity index is 1.40. The second-order valence-corrected chi connectivity index (χ2v) is 11.2. The Morgan fingerprint density at radius 3 is 2.25 bits per heavy atom. The predicted octanol–water partition coefficient (Wildman–Crippen LogP) is 5.71. The van der Waals surface area contributed by atoms with Crippen LogP contribution >= 0.6 is 0 Å². The van der Waals surface area contributed by atoms with Gasteiger partial charge >= 0.3 is 0 Å². The Hall–Kier alpha value is -2.04. The van der Waals surface area contributed by atoms with Crippen LogP contribution in [-0.2, 0) is 9.59 Å². The number of nitrogens with zero attached hydrogens (tertiary/aromatic N) is 2. The Labute approximate surface area is 194 Å². The van der Waals surface area contributed by atoms with Crippen LogP contribution in [0.25, 0.3) is 0 Å². The topological polar surface area (TPSA) is 52.7 Å². The first-order chi connectivity index (χ1) is 15.2. The zero-order valence-electron chi connectivity index (χ0n) is 20.7. The monoisotopic (exact) mass is 441 g/mol. The Morgan fingerprint density at radius 1 is 1.03 bits per heavy atom. The van der Waals surface area contributed by atoms with Crippen LogP contribution in [0.1, 0.15) is 79.1 Å². The Kier molecular flexibility index (Phi) is 8.61. The van der Waals surface area contributed by atoms with E-state index in [9.17, 15) is 9.59 Å². The average Bonchev–Trinajstić information content (AvgIpc) is 3.25. The number of rotatable bonds is 8. The summed E-state index contributed by atoms with van der Waals surface area (Å²) in [5, 5.41) is 3.04. The molecule has 1 saturated carbocycles. The van der Waals surface area contributed by atoms with Gasteiger partial charge in [-0.3, -0.25) is 9.59 Å². The summed E-state index contributed by atoms with van der Waals surface area (Å²) in [6, 6.07) is 8.12. The minimum atomic E-state index is 0.0826. The van der Waals surface area contributed by atoms with E-state index < -0.39 is 0 Å². The third-order valence-corrected chi connectivity index (χ3v) is 6.88. The van der Waals surface area contributed by atoms with E-state index in [4.69, 9.17) is 0 Å². The molecule has 1 N–H and O–H groups in total. The van der Waals surface area contributed by atoms with E-state index in [1.165, 1.54) is 25.7 Å². The standard InChI is InChI=1S/C27H43N3O2/c1-21(20-27(2,3)4)19-25(31)28-23-10-12-24(13-11-23)29-15-17-30(18-16-29)26(32)14-9-22-7-5-6-8-22/h10-13,21-22H,5-9,14-20H2,1-4H3,(H,28,31)/t21-/m0/s1. The minimum Gasteiger partial charge on any atom is -0.368 e. The molecule has 5 heteroatoms. The van der Waals surface area contributed by atoms with Crippen LogP contribution < -0.4 is 10.2 Å². The van der Waals surface area contributed by atoms with Crippen molar-refractivity contribution in [2.75, 3.05) is 36.4 Å². The summed E-state index contributed by atoms with van der Waals surface area (Å²) >= 11 is 0. The summed E-state index contributed by atoms with van der Waals surface area (Å²) in [7, 11) is 0. The fourth-order valence-corrected chi connectivity index (χ4v) is 5.40. The molecule has 1 atom stereocenters.